The van der Waals surface area contributed by atoms with Gasteiger partial charge in [0.1, 0.15) is 0 Å². The highest BCUT2D eigenvalue weighted by atomic mass is 15.2. The number of nitrogens with two attached hydrogens (primary N) is 1. The second-order valence-electron chi connectivity index (χ2n) is 6.04. The molecule has 0 radical (unpaired) electrons. The number of nitrogen functional groups attached to an aromatic ring is 1. The highest BCUT2D eigenvalue weighted by molar-refractivity contribution is 5.40. The molecule has 1 unspecified atom stereocenters. The molecule has 0 saturated carbocycles. The van der Waals surface area contributed by atoms with E-state index in [0.29, 0.717) is 0 Å². The van der Waals surface area contributed by atoms with E-state index in [1.165, 1.54) is 51.0 Å². The third kappa shape index (κ3) is 4.50. The smallest absolute Gasteiger partial charge is 0.0316 e. The second-order valence-corrected chi connectivity index (χ2v) is 6.04. The first-order valence-corrected chi connectivity index (χ1v) is 7.96. The zero-order valence-electron chi connectivity index (χ0n) is 13.0. The molecule has 20 heavy (non-hydrogen) atoms. The molecule has 0 bridgehead atoms. The van der Waals surface area contributed by atoms with Crippen LogP contribution in [-0.4, -0.2) is 49.1 Å². The molecule has 1 aromatic rings. The number of hydrogen-bond acceptors (Lipinski definition) is 3. The summed E-state index contributed by atoms with van der Waals surface area (Å²) >= 11 is 0. The van der Waals surface area contributed by atoms with Crippen LogP contribution in [0.25, 0.3) is 0 Å². The summed E-state index contributed by atoms with van der Waals surface area (Å²) < 4.78 is 0. The van der Waals surface area contributed by atoms with Crippen LogP contribution in [0, 0.1) is 0 Å². The molecule has 1 atom stereocenters. The minimum absolute atomic E-state index is 0.775. The van der Waals surface area contributed by atoms with E-state index in [0.717, 1.165) is 18.2 Å². The van der Waals surface area contributed by atoms with Gasteiger partial charge in [0.25, 0.3) is 0 Å². The Hall–Kier alpha value is -1.06. The number of rotatable bonds is 7. The molecule has 3 nitrogen and oxygen atoms in total. The maximum absolute atomic E-state index is 5.81. The minimum atomic E-state index is 0.775. The largest absolute Gasteiger partial charge is 0.399 e. The average molecular weight is 275 g/mol. The average Bonchev–Trinajstić information content (AvgIpc) is 2.86. The normalized spacial score (nSPS) is 19.9. The summed E-state index contributed by atoms with van der Waals surface area (Å²) in [6.07, 6.45) is 5.07. The summed E-state index contributed by atoms with van der Waals surface area (Å²) in [5, 5.41) is 0. The number of benzene rings is 1. The second kappa shape index (κ2) is 7.65. The molecule has 1 saturated heterocycles. The number of aryl methyl sites for hydroxylation is 1. The van der Waals surface area contributed by atoms with Crippen molar-refractivity contribution in [3.63, 3.8) is 0 Å². The van der Waals surface area contributed by atoms with Crippen molar-refractivity contribution in [3.8, 4) is 0 Å². The Morgan fingerprint density at radius 1 is 1.40 bits per heavy atom. The summed E-state index contributed by atoms with van der Waals surface area (Å²) in [6, 6.07) is 9.04. The van der Waals surface area contributed by atoms with Crippen LogP contribution < -0.4 is 5.73 Å². The van der Waals surface area contributed by atoms with Crippen molar-refractivity contribution in [3.05, 3.63) is 29.8 Å². The molecule has 3 heteroatoms. The lowest BCUT2D eigenvalue weighted by Gasteiger charge is -2.27. The Labute approximate surface area is 123 Å². The Bertz CT molecular complexity index is 405. The molecule has 0 aromatic heterocycles. The fraction of sp³-hybridized carbons (Fsp3) is 0.647. The summed E-state index contributed by atoms with van der Waals surface area (Å²) in [5.74, 6) is 0. The fourth-order valence-corrected chi connectivity index (χ4v) is 3.27. The third-order valence-electron chi connectivity index (χ3n) is 4.38. The Balaban J connectivity index is 1.68. The van der Waals surface area contributed by atoms with E-state index < -0.39 is 0 Å². The van der Waals surface area contributed by atoms with E-state index in [-0.39, 0.29) is 0 Å². The molecule has 1 aliphatic heterocycles. The van der Waals surface area contributed by atoms with Crippen LogP contribution in [0.15, 0.2) is 24.3 Å². The molecule has 112 valence electrons. The Morgan fingerprint density at radius 2 is 2.25 bits per heavy atom. The van der Waals surface area contributed by atoms with Gasteiger partial charge in [-0.2, -0.15) is 0 Å². The number of anilines is 1. The van der Waals surface area contributed by atoms with Crippen molar-refractivity contribution < 1.29 is 0 Å². The zero-order valence-corrected chi connectivity index (χ0v) is 13.0. The molecular weight excluding hydrogens is 246 g/mol. The highest BCUT2D eigenvalue weighted by Gasteiger charge is 2.23. The van der Waals surface area contributed by atoms with E-state index in [4.69, 9.17) is 5.73 Å². The molecule has 0 aliphatic carbocycles. The van der Waals surface area contributed by atoms with Crippen LogP contribution in [0.3, 0.4) is 0 Å². The van der Waals surface area contributed by atoms with Crippen LogP contribution >= 0.6 is 0 Å². The van der Waals surface area contributed by atoms with Gasteiger partial charge in [-0.15, -0.1) is 0 Å². The van der Waals surface area contributed by atoms with E-state index in [1.807, 2.05) is 12.1 Å². The molecule has 2 rings (SSSR count). The minimum Gasteiger partial charge on any atom is -0.399 e. The molecule has 1 heterocycles. The van der Waals surface area contributed by atoms with Crippen molar-refractivity contribution in [2.45, 2.75) is 38.6 Å². The van der Waals surface area contributed by atoms with Crippen LogP contribution in [0.4, 0.5) is 5.69 Å². The lowest BCUT2D eigenvalue weighted by Crippen LogP contribution is -2.39. The van der Waals surface area contributed by atoms with Crippen molar-refractivity contribution in [2.75, 3.05) is 39.0 Å². The Morgan fingerprint density at radius 3 is 3.00 bits per heavy atom. The summed E-state index contributed by atoms with van der Waals surface area (Å²) in [6.45, 7) is 7.14. The number of nitrogens with zero attached hydrogens (tertiary/aromatic N) is 2. The predicted molar refractivity (Wildman–Crippen MR) is 86.9 cm³/mol. The maximum atomic E-state index is 5.81. The molecule has 1 aromatic carbocycles. The standard InChI is InChI=1S/C17H29N3/c1-3-20-12-6-10-17(20)14-19(2)11-5-8-15-7-4-9-16(18)13-15/h4,7,9,13,17H,3,5-6,8,10-12,14,18H2,1-2H3. The van der Waals surface area contributed by atoms with Gasteiger partial charge >= 0.3 is 0 Å². The summed E-state index contributed by atoms with van der Waals surface area (Å²) in [5.41, 5.74) is 8.04. The van der Waals surface area contributed by atoms with Gasteiger partial charge in [-0.25, -0.2) is 0 Å². The third-order valence-corrected chi connectivity index (χ3v) is 4.38. The van der Waals surface area contributed by atoms with E-state index in [1.54, 1.807) is 0 Å². The number of likely N-dealkylation sites (N-methyl/N-ethyl adjacent to an activating group) is 2. The number of hydrogen-bond donors (Lipinski definition) is 1. The van der Waals surface area contributed by atoms with Gasteiger partial charge in [-0.3, -0.25) is 4.90 Å². The van der Waals surface area contributed by atoms with Gasteiger partial charge in [-0.05, 0) is 70.1 Å². The molecule has 1 aliphatic rings. The van der Waals surface area contributed by atoms with Crippen molar-refractivity contribution in [2.24, 2.45) is 0 Å². The van der Waals surface area contributed by atoms with Gasteiger partial charge in [0, 0.05) is 18.3 Å². The van der Waals surface area contributed by atoms with Crippen molar-refractivity contribution in [1.29, 1.82) is 0 Å². The first kappa shape index (κ1) is 15.3. The van der Waals surface area contributed by atoms with Gasteiger partial charge in [0.2, 0.25) is 0 Å². The monoisotopic (exact) mass is 275 g/mol. The van der Waals surface area contributed by atoms with Gasteiger partial charge in [0.05, 0.1) is 0 Å². The molecule has 0 spiro atoms. The quantitative estimate of drug-likeness (QED) is 0.776. The van der Waals surface area contributed by atoms with Gasteiger partial charge in [-0.1, -0.05) is 19.1 Å². The predicted octanol–water partition coefficient (Wildman–Crippen LogP) is 2.62. The lowest BCUT2D eigenvalue weighted by molar-refractivity contribution is 0.198. The van der Waals surface area contributed by atoms with E-state index in [9.17, 15) is 0 Å². The zero-order chi connectivity index (χ0) is 14.4. The van der Waals surface area contributed by atoms with Gasteiger partial charge in [0.15, 0.2) is 0 Å². The summed E-state index contributed by atoms with van der Waals surface area (Å²) in [7, 11) is 2.26. The molecular formula is C17H29N3. The fourth-order valence-electron chi connectivity index (χ4n) is 3.27. The maximum Gasteiger partial charge on any atom is 0.0316 e. The van der Waals surface area contributed by atoms with E-state index in [2.05, 4.69) is 35.9 Å². The molecule has 1 fully saturated rings. The lowest BCUT2D eigenvalue weighted by atomic mass is 10.1. The topological polar surface area (TPSA) is 32.5 Å². The van der Waals surface area contributed by atoms with Crippen LogP contribution in [-0.2, 0) is 6.42 Å². The first-order chi connectivity index (χ1) is 9.69. The van der Waals surface area contributed by atoms with Crippen LogP contribution in [0.2, 0.25) is 0 Å². The van der Waals surface area contributed by atoms with Crippen molar-refractivity contribution in [1.82, 2.24) is 9.80 Å². The van der Waals surface area contributed by atoms with E-state index >= 15 is 0 Å². The Kier molecular flexibility index (Phi) is 5.86. The van der Waals surface area contributed by atoms with Crippen LogP contribution in [0.5, 0.6) is 0 Å². The molecule has 0 amide bonds. The van der Waals surface area contributed by atoms with Gasteiger partial charge < -0.3 is 10.6 Å². The van der Waals surface area contributed by atoms with Crippen LogP contribution in [0.1, 0.15) is 31.7 Å². The SMILES string of the molecule is CCN1CCCC1CN(C)CCCc1cccc(N)c1. The van der Waals surface area contributed by atoms with Crippen molar-refractivity contribution >= 4 is 5.69 Å². The highest BCUT2D eigenvalue weighted by Crippen LogP contribution is 2.17. The number of likely N-dealkylation sites (tertiary alicyclic amines) is 1. The summed E-state index contributed by atoms with van der Waals surface area (Å²) in [4.78, 5) is 5.11. The molecule has 2 N–H and O–H groups in total. The first-order valence-electron chi connectivity index (χ1n) is 7.96.